The lowest BCUT2D eigenvalue weighted by atomic mass is 10.1. The smallest absolute Gasteiger partial charge is 0.261 e. The van der Waals surface area contributed by atoms with Gasteiger partial charge in [0.05, 0.1) is 6.61 Å². The number of carbonyl (C=O) groups excluding carboxylic acids is 1. The average Bonchev–Trinajstić information content (AvgIpc) is 2.16. The molecule has 1 amide bonds. The molecular weight excluding hydrogens is 206 g/mol. The molecule has 1 unspecified atom stereocenters. The van der Waals surface area contributed by atoms with Crippen molar-refractivity contribution in [2.75, 3.05) is 33.4 Å². The highest BCUT2D eigenvalue weighted by molar-refractivity contribution is 5.78. The Bertz CT molecular complexity index is 179. The van der Waals surface area contributed by atoms with Gasteiger partial charge in [-0.25, -0.2) is 8.78 Å². The zero-order valence-corrected chi connectivity index (χ0v) is 9.06. The van der Waals surface area contributed by atoms with E-state index in [1.165, 1.54) is 0 Å². The number of ether oxygens (including phenoxy) is 1. The van der Waals surface area contributed by atoms with Gasteiger partial charge in [-0.3, -0.25) is 4.79 Å². The van der Waals surface area contributed by atoms with E-state index in [1.807, 2.05) is 0 Å². The molecule has 0 aromatic carbocycles. The molecule has 0 aromatic rings. The van der Waals surface area contributed by atoms with Crippen LogP contribution in [-0.4, -0.2) is 45.7 Å². The third-order valence-electron chi connectivity index (χ3n) is 1.75. The van der Waals surface area contributed by atoms with Crippen molar-refractivity contribution in [3.05, 3.63) is 0 Å². The molecule has 0 saturated carbocycles. The van der Waals surface area contributed by atoms with Gasteiger partial charge in [0, 0.05) is 19.0 Å². The van der Waals surface area contributed by atoms with Gasteiger partial charge in [-0.1, -0.05) is 6.92 Å². The lowest BCUT2D eigenvalue weighted by Crippen LogP contribution is -2.36. The van der Waals surface area contributed by atoms with Crippen LogP contribution in [0.1, 0.15) is 6.92 Å². The van der Waals surface area contributed by atoms with E-state index < -0.39 is 13.0 Å². The van der Waals surface area contributed by atoms with Crippen LogP contribution in [0.3, 0.4) is 0 Å². The van der Waals surface area contributed by atoms with E-state index in [9.17, 15) is 13.6 Å². The molecule has 0 saturated heterocycles. The molecule has 0 aromatic heterocycles. The van der Waals surface area contributed by atoms with Crippen LogP contribution in [0.5, 0.6) is 0 Å². The summed E-state index contributed by atoms with van der Waals surface area (Å²) in [5.74, 6) is -0.241. The van der Waals surface area contributed by atoms with Crippen molar-refractivity contribution in [3.8, 4) is 0 Å². The maximum Gasteiger partial charge on any atom is 0.261 e. The molecule has 1 atom stereocenters. The highest BCUT2D eigenvalue weighted by Crippen LogP contribution is 1.93. The van der Waals surface area contributed by atoms with Crippen molar-refractivity contribution in [3.63, 3.8) is 0 Å². The molecule has 0 spiro atoms. The summed E-state index contributed by atoms with van der Waals surface area (Å²) in [6.45, 7) is 2.17. The molecular formula is C9H18F2N2O2. The van der Waals surface area contributed by atoms with Gasteiger partial charge in [-0.15, -0.1) is 0 Å². The number of hydrogen-bond acceptors (Lipinski definition) is 3. The van der Waals surface area contributed by atoms with Crippen LogP contribution >= 0.6 is 0 Å². The predicted molar refractivity (Wildman–Crippen MR) is 52.9 cm³/mol. The summed E-state index contributed by atoms with van der Waals surface area (Å²) in [6.07, 6.45) is -2.45. The number of rotatable bonds is 8. The second-order valence-electron chi connectivity index (χ2n) is 3.22. The van der Waals surface area contributed by atoms with E-state index >= 15 is 0 Å². The average molecular weight is 224 g/mol. The zero-order valence-electron chi connectivity index (χ0n) is 9.06. The van der Waals surface area contributed by atoms with E-state index in [0.29, 0.717) is 6.54 Å². The lowest BCUT2D eigenvalue weighted by molar-refractivity contribution is -0.124. The van der Waals surface area contributed by atoms with Gasteiger partial charge in [0.2, 0.25) is 5.91 Å². The number of halogens is 2. The van der Waals surface area contributed by atoms with E-state index in [-0.39, 0.29) is 25.0 Å². The van der Waals surface area contributed by atoms with Crippen molar-refractivity contribution in [1.82, 2.24) is 10.6 Å². The Morgan fingerprint density at radius 3 is 2.67 bits per heavy atom. The fourth-order valence-electron chi connectivity index (χ4n) is 0.992. The molecule has 0 fully saturated rings. The monoisotopic (exact) mass is 224 g/mol. The Kier molecular flexibility index (Phi) is 8.12. The molecule has 0 bridgehead atoms. The zero-order chi connectivity index (χ0) is 11.7. The molecule has 0 radical (unpaired) electrons. The van der Waals surface area contributed by atoms with Gasteiger partial charge in [-0.05, 0) is 7.05 Å². The summed E-state index contributed by atoms with van der Waals surface area (Å²) in [5, 5.41) is 5.47. The normalized spacial score (nSPS) is 12.9. The minimum absolute atomic E-state index is 0.106. The third kappa shape index (κ3) is 8.26. The van der Waals surface area contributed by atoms with Gasteiger partial charge in [-0.2, -0.15) is 0 Å². The summed E-state index contributed by atoms with van der Waals surface area (Å²) >= 11 is 0. The minimum atomic E-state index is -2.45. The van der Waals surface area contributed by atoms with Crippen LogP contribution in [0.25, 0.3) is 0 Å². The van der Waals surface area contributed by atoms with E-state index in [0.717, 1.165) is 0 Å². The Morgan fingerprint density at radius 2 is 2.13 bits per heavy atom. The largest absolute Gasteiger partial charge is 0.374 e. The van der Waals surface area contributed by atoms with E-state index in [2.05, 4.69) is 15.4 Å². The van der Waals surface area contributed by atoms with Crippen molar-refractivity contribution in [2.45, 2.75) is 13.3 Å². The van der Waals surface area contributed by atoms with Gasteiger partial charge in [0.1, 0.15) is 6.61 Å². The molecule has 90 valence electrons. The standard InChI is InChI=1S/C9H18F2N2O2/c1-7(5-12-2)9(14)13-3-4-15-6-8(10)11/h7-8,12H,3-6H2,1-2H3,(H,13,14). The topological polar surface area (TPSA) is 50.4 Å². The number of alkyl halides is 2. The first-order valence-electron chi connectivity index (χ1n) is 4.86. The molecule has 4 nitrogen and oxygen atoms in total. The van der Waals surface area contributed by atoms with Crippen LogP contribution in [0.4, 0.5) is 8.78 Å². The Balaban J connectivity index is 3.38. The Hall–Kier alpha value is -0.750. The van der Waals surface area contributed by atoms with Crippen molar-refractivity contribution < 1.29 is 18.3 Å². The third-order valence-corrected chi connectivity index (χ3v) is 1.75. The molecule has 0 heterocycles. The molecule has 0 rings (SSSR count). The van der Waals surface area contributed by atoms with Crippen molar-refractivity contribution in [2.24, 2.45) is 5.92 Å². The second-order valence-corrected chi connectivity index (χ2v) is 3.22. The van der Waals surface area contributed by atoms with Gasteiger partial charge >= 0.3 is 0 Å². The van der Waals surface area contributed by atoms with Gasteiger partial charge in [0.25, 0.3) is 6.43 Å². The van der Waals surface area contributed by atoms with Crippen LogP contribution in [0.15, 0.2) is 0 Å². The quantitative estimate of drug-likeness (QED) is 0.581. The predicted octanol–water partition coefficient (Wildman–Crippen LogP) is 0.240. The lowest BCUT2D eigenvalue weighted by Gasteiger charge is -2.11. The maximum atomic E-state index is 11.6. The molecule has 0 aliphatic rings. The summed E-state index contributed by atoms with van der Waals surface area (Å²) in [5.41, 5.74) is 0. The Labute approximate surface area is 88.4 Å². The first kappa shape index (κ1) is 14.2. The maximum absolute atomic E-state index is 11.6. The summed E-state index contributed by atoms with van der Waals surface area (Å²) < 4.78 is 27.9. The fraction of sp³-hybridized carbons (Fsp3) is 0.889. The molecule has 0 aliphatic heterocycles. The molecule has 2 N–H and O–H groups in total. The highest BCUT2D eigenvalue weighted by Gasteiger charge is 2.10. The first-order valence-corrected chi connectivity index (χ1v) is 4.86. The van der Waals surface area contributed by atoms with E-state index in [4.69, 9.17) is 0 Å². The van der Waals surface area contributed by atoms with Crippen molar-refractivity contribution in [1.29, 1.82) is 0 Å². The first-order chi connectivity index (χ1) is 7.07. The van der Waals surface area contributed by atoms with Crippen molar-refractivity contribution >= 4 is 5.91 Å². The van der Waals surface area contributed by atoms with Crippen LogP contribution in [-0.2, 0) is 9.53 Å². The van der Waals surface area contributed by atoms with Crippen LogP contribution < -0.4 is 10.6 Å². The number of amides is 1. The Morgan fingerprint density at radius 1 is 1.47 bits per heavy atom. The molecule has 0 aliphatic carbocycles. The van der Waals surface area contributed by atoms with Crippen LogP contribution in [0.2, 0.25) is 0 Å². The number of carbonyl (C=O) groups is 1. The number of nitrogens with one attached hydrogen (secondary N) is 2. The fourth-order valence-corrected chi connectivity index (χ4v) is 0.992. The molecule has 6 heteroatoms. The minimum Gasteiger partial charge on any atom is -0.374 e. The number of hydrogen-bond donors (Lipinski definition) is 2. The van der Waals surface area contributed by atoms with E-state index in [1.54, 1.807) is 14.0 Å². The van der Waals surface area contributed by atoms with Crippen LogP contribution in [0, 0.1) is 5.92 Å². The second kappa shape index (κ2) is 8.55. The summed E-state index contributed by atoms with van der Waals surface area (Å²) in [4.78, 5) is 11.3. The highest BCUT2D eigenvalue weighted by atomic mass is 19.3. The summed E-state index contributed by atoms with van der Waals surface area (Å²) in [6, 6.07) is 0. The van der Waals surface area contributed by atoms with Gasteiger partial charge in [0.15, 0.2) is 0 Å². The SMILES string of the molecule is CNCC(C)C(=O)NCCOCC(F)F. The molecule has 15 heavy (non-hydrogen) atoms. The van der Waals surface area contributed by atoms with Gasteiger partial charge < -0.3 is 15.4 Å². The summed E-state index contributed by atoms with van der Waals surface area (Å²) in [7, 11) is 1.76.